The number of methoxy groups -OCH3 is 1. The number of aromatic hydroxyl groups is 1. The molecule has 0 fully saturated rings. The molecule has 0 saturated carbocycles. The van der Waals surface area contributed by atoms with Crippen LogP contribution in [0.1, 0.15) is 35.6 Å². The predicted molar refractivity (Wildman–Crippen MR) is 133 cm³/mol. The summed E-state index contributed by atoms with van der Waals surface area (Å²) in [6.45, 7) is 9.25. The first kappa shape index (κ1) is 26.0. The minimum Gasteiger partial charge on any atom is -0.507 e. The highest BCUT2D eigenvalue weighted by molar-refractivity contribution is 14.0. The summed E-state index contributed by atoms with van der Waals surface area (Å²) >= 11 is 0. The topological polar surface area (TPSA) is 75.1 Å². The Morgan fingerprint density at radius 2 is 1.70 bits per heavy atom. The SMILES string of the molecule is CCOCCCNC(=NCc1cc(C)c(O)c(C)c1)NCc1ccc(OC)cc1.I. The van der Waals surface area contributed by atoms with Gasteiger partial charge in [-0.05, 0) is 61.6 Å². The number of phenols is 1. The maximum Gasteiger partial charge on any atom is 0.191 e. The van der Waals surface area contributed by atoms with Crippen LogP contribution in [0.3, 0.4) is 0 Å². The largest absolute Gasteiger partial charge is 0.507 e. The van der Waals surface area contributed by atoms with Crippen molar-refractivity contribution < 1.29 is 14.6 Å². The van der Waals surface area contributed by atoms with Crippen LogP contribution in [0.5, 0.6) is 11.5 Å². The second-order valence-electron chi connectivity index (χ2n) is 6.92. The van der Waals surface area contributed by atoms with Crippen LogP contribution in [-0.4, -0.2) is 37.9 Å². The van der Waals surface area contributed by atoms with Crippen molar-refractivity contribution in [3.8, 4) is 11.5 Å². The maximum absolute atomic E-state index is 9.96. The minimum atomic E-state index is 0. The van der Waals surface area contributed by atoms with Crippen LogP contribution < -0.4 is 15.4 Å². The molecular formula is C23H34IN3O3. The molecule has 0 aliphatic heterocycles. The molecule has 2 rings (SSSR count). The molecule has 0 heterocycles. The predicted octanol–water partition coefficient (Wildman–Crippen LogP) is 4.30. The van der Waals surface area contributed by atoms with Gasteiger partial charge >= 0.3 is 0 Å². The smallest absolute Gasteiger partial charge is 0.191 e. The van der Waals surface area contributed by atoms with Crippen LogP contribution >= 0.6 is 24.0 Å². The van der Waals surface area contributed by atoms with E-state index >= 15 is 0 Å². The number of ether oxygens (including phenoxy) is 2. The van der Waals surface area contributed by atoms with E-state index in [1.54, 1.807) is 7.11 Å². The Bertz CT molecular complexity index is 772. The zero-order valence-corrected chi connectivity index (χ0v) is 20.7. The van der Waals surface area contributed by atoms with Crippen molar-refractivity contribution >= 4 is 29.9 Å². The highest BCUT2D eigenvalue weighted by Crippen LogP contribution is 2.23. The molecule has 3 N–H and O–H groups in total. The van der Waals surface area contributed by atoms with Crippen LogP contribution in [0, 0.1) is 13.8 Å². The highest BCUT2D eigenvalue weighted by Gasteiger charge is 2.05. The number of benzene rings is 2. The lowest BCUT2D eigenvalue weighted by molar-refractivity contribution is 0.145. The van der Waals surface area contributed by atoms with Gasteiger partial charge in [-0.3, -0.25) is 0 Å². The number of aliphatic imine (C=N–C) groups is 1. The Kier molecular flexibility index (Phi) is 12.2. The molecule has 2 aromatic rings. The number of guanidine groups is 1. The molecule has 0 unspecified atom stereocenters. The number of aryl methyl sites for hydroxylation is 2. The van der Waals surface area contributed by atoms with E-state index in [0.29, 0.717) is 18.8 Å². The molecule has 0 atom stereocenters. The molecule has 2 aromatic carbocycles. The molecule has 0 aromatic heterocycles. The normalized spacial score (nSPS) is 11.0. The molecule has 0 radical (unpaired) electrons. The fourth-order valence-corrected chi connectivity index (χ4v) is 2.94. The summed E-state index contributed by atoms with van der Waals surface area (Å²) in [5.41, 5.74) is 3.95. The standard InChI is InChI=1S/C23H33N3O3.HI/c1-5-29-12-6-11-24-23(25-15-19-7-9-21(28-4)10-8-19)26-16-20-13-17(2)22(27)18(3)14-20;/h7-10,13-14,27H,5-6,11-12,15-16H2,1-4H3,(H2,24,25,26);1H. The summed E-state index contributed by atoms with van der Waals surface area (Å²) in [7, 11) is 1.66. The van der Waals surface area contributed by atoms with Crippen LogP contribution in [0.25, 0.3) is 0 Å². The average molecular weight is 527 g/mol. The number of halogens is 1. The summed E-state index contributed by atoms with van der Waals surface area (Å²) in [5, 5.41) is 16.7. The van der Waals surface area contributed by atoms with Gasteiger partial charge in [0.15, 0.2) is 5.96 Å². The van der Waals surface area contributed by atoms with Crippen molar-refractivity contribution in [3.05, 3.63) is 58.7 Å². The molecule has 30 heavy (non-hydrogen) atoms. The van der Waals surface area contributed by atoms with E-state index in [4.69, 9.17) is 14.5 Å². The number of rotatable bonds is 10. The molecule has 6 nitrogen and oxygen atoms in total. The van der Waals surface area contributed by atoms with Gasteiger partial charge in [0.1, 0.15) is 11.5 Å². The highest BCUT2D eigenvalue weighted by atomic mass is 127. The van der Waals surface area contributed by atoms with Gasteiger partial charge < -0.3 is 25.2 Å². The van der Waals surface area contributed by atoms with E-state index in [1.165, 1.54) is 0 Å². The lowest BCUT2D eigenvalue weighted by atomic mass is 10.1. The maximum atomic E-state index is 9.96. The lowest BCUT2D eigenvalue weighted by Gasteiger charge is -2.14. The third kappa shape index (κ3) is 8.79. The minimum absolute atomic E-state index is 0. The Balaban J connectivity index is 0.00000450. The summed E-state index contributed by atoms with van der Waals surface area (Å²) < 4.78 is 10.6. The summed E-state index contributed by atoms with van der Waals surface area (Å²) in [6, 6.07) is 11.9. The molecule has 0 bridgehead atoms. The number of hydrogen-bond acceptors (Lipinski definition) is 4. The van der Waals surface area contributed by atoms with E-state index in [1.807, 2.05) is 57.2 Å². The van der Waals surface area contributed by atoms with Crippen molar-refractivity contribution in [3.63, 3.8) is 0 Å². The molecule has 7 heteroatoms. The van der Waals surface area contributed by atoms with Crippen molar-refractivity contribution in [1.29, 1.82) is 0 Å². The first-order valence-corrected chi connectivity index (χ1v) is 10.1. The van der Waals surface area contributed by atoms with Crippen molar-refractivity contribution in [2.45, 2.75) is 40.3 Å². The monoisotopic (exact) mass is 527 g/mol. The van der Waals surface area contributed by atoms with Crippen LogP contribution in [0.4, 0.5) is 0 Å². The van der Waals surface area contributed by atoms with Crippen LogP contribution in [0.15, 0.2) is 41.4 Å². The summed E-state index contributed by atoms with van der Waals surface area (Å²) in [4.78, 5) is 4.72. The second kappa shape index (κ2) is 14.1. The second-order valence-corrected chi connectivity index (χ2v) is 6.92. The van der Waals surface area contributed by atoms with Crippen LogP contribution in [-0.2, 0) is 17.8 Å². The number of nitrogens with zero attached hydrogens (tertiary/aromatic N) is 1. The van der Waals surface area contributed by atoms with Crippen LogP contribution in [0.2, 0.25) is 0 Å². The van der Waals surface area contributed by atoms with Gasteiger partial charge in [0.05, 0.1) is 13.7 Å². The molecule has 0 aliphatic rings. The lowest BCUT2D eigenvalue weighted by Crippen LogP contribution is -2.37. The zero-order chi connectivity index (χ0) is 21.1. The van der Waals surface area contributed by atoms with E-state index in [0.717, 1.165) is 60.1 Å². The van der Waals surface area contributed by atoms with E-state index in [9.17, 15) is 5.11 Å². The van der Waals surface area contributed by atoms with Crippen molar-refractivity contribution in [2.24, 2.45) is 4.99 Å². The van der Waals surface area contributed by atoms with Gasteiger partial charge in [-0.15, -0.1) is 24.0 Å². The zero-order valence-electron chi connectivity index (χ0n) is 18.3. The number of hydrogen-bond donors (Lipinski definition) is 3. The first-order chi connectivity index (χ1) is 14.0. The van der Waals surface area contributed by atoms with Gasteiger partial charge in [-0.2, -0.15) is 0 Å². The molecule has 0 saturated heterocycles. The number of nitrogens with one attached hydrogen (secondary N) is 2. The third-order valence-corrected chi connectivity index (χ3v) is 4.55. The Morgan fingerprint density at radius 3 is 2.30 bits per heavy atom. The van der Waals surface area contributed by atoms with Gasteiger partial charge in [0, 0.05) is 26.3 Å². The first-order valence-electron chi connectivity index (χ1n) is 10.1. The Morgan fingerprint density at radius 1 is 1.03 bits per heavy atom. The Hall–Kier alpha value is -2.00. The quantitative estimate of drug-likeness (QED) is 0.186. The average Bonchev–Trinajstić information content (AvgIpc) is 2.73. The summed E-state index contributed by atoms with van der Waals surface area (Å²) in [5.74, 6) is 1.94. The van der Waals surface area contributed by atoms with E-state index < -0.39 is 0 Å². The fourth-order valence-electron chi connectivity index (χ4n) is 2.94. The molecule has 0 amide bonds. The van der Waals surface area contributed by atoms with Gasteiger partial charge in [-0.1, -0.05) is 24.3 Å². The van der Waals surface area contributed by atoms with Crippen molar-refractivity contribution in [1.82, 2.24) is 10.6 Å². The molecule has 166 valence electrons. The van der Waals surface area contributed by atoms with Crippen molar-refractivity contribution in [2.75, 3.05) is 26.9 Å². The number of phenolic OH excluding ortho intramolecular Hbond substituents is 1. The Labute approximate surface area is 197 Å². The third-order valence-electron chi connectivity index (χ3n) is 4.55. The van der Waals surface area contributed by atoms with Gasteiger partial charge in [0.2, 0.25) is 0 Å². The molecule has 0 spiro atoms. The van der Waals surface area contributed by atoms with E-state index in [-0.39, 0.29) is 24.0 Å². The van der Waals surface area contributed by atoms with Gasteiger partial charge in [-0.25, -0.2) is 4.99 Å². The van der Waals surface area contributed by atoms with E-state index in [2.05, 4.69) is 10.6 Å². The fraction of sp³-hybridized carbons (Fsp3) is 0.435. The summed E-state index contributed by atoms with van der Waals surface area (Å²) in [6.07, 6.45) is 0.911. The molecule has 0 aliphatic carbocycles. The van der Waals surface area contributed by atoms with Gasteiger partial charge in [0.25, 0.3) is 0 Å². The molecular weight excluding hydrogens is 493 g/mol.